The van der Waals surface area contributed by atoms with Gasteiger partial charge in [0.05, 0.1) is 12.2 Å². The Hall–Kier alpha value is -0.830. The molecule has 1 saturated carbocycles. The first-order valence-electron chi connectivity index (χ1n) is 7.12. The van der Waals surface area contributed by atoms with Gasteiger partial charge in [-0.25, -0.2) is 4.98 Å². The quantitative estimate of drug-likeness (QED) is 0.803. The molecule has 0 saturated heterocycles. The van der Waals surface area contributed by atoms with E-state index >= 15 is 0 Å². The molecule has 3 rings (SSSR count). The Balaban J connectivity index is 0.000000514. The SMILES string of the molecule is CC.CCc1cn2c(n1)CN(CC1CC1)CC2. The zero-order chi connectivity index (χ0) is 12.3. The molecule has 0 atom stereocenters. The van der Waals surface area contributed by atoms with Gasteiger partial charge in [0, 0.05) is 25.8 Å². The van der Waals surface area contributed by atoms with E-state index in [1.807, 2.05) is 13.8 Å². The van der Waals surface area contributed by atoms with Gasteiger partial charge < -0.3 is 4.57 Å². The van der Waals surface area contributed by atoms with E-state index in [9.17, 15) is 0 Å². The molecule has 0 spiro atoms. The van der Waals surface area contributed by atoms with Crippen LogP contribution in [0.3, 0.4) is 0 Å². The van der Waals surface area contributed by atoms with Crippen LogP contribution in [0.5, 0.6) is 0 Å². The highest BCUT2D eigenvalue weighted by molar-refractivity contribution is 5.06. The molecule has 1 aromatic heterocycles. The van der Waals surface area contributed by atoms with Gasteiger partial charge in [0.15, 0.2) is 0 Å². The minimum Gasteiger partial charge on any atom is -0.332 e. The van der Waals surface area contributed by atoms with Crippen molar-refractivity contribution in [3.05, 3.63) is 17.7 Å². The van der Waals surface area contributed by atoms with E-state index in [0.29, 0.717) is 0 Å². The van der Waals surface area contributed by atoms with E-state index < -0.39 is 0 Å². The Morgan fingerprint density at radius 2 is 2.06 bits per heavy atom. The first kappa shape index (κ1) is 12.6. The highest BCUT2D eigenvalue weighted by atomic mass is 15.2. The van der Waals surface area contributed by atoms with Crippen LogP contribution in [-0.4, -0.2) is 27.5 Å². The molecule has 0 unspecified atom stereocenters. The smallest absolute Gasteiger partial charge is 0.123 e. The molecule has 1 fully saturated rings. The third-order valence-electron chi connectivity index (χ3n) is 3.51. The average molecular weight is 235 g/mol. The summed E-state index contributed by atoms with van der Waals surface area (Å²) in [5, 5.41) is 0. The number of rotatable bonds is 3. The maximum absolute atomic E-state index is 4.67. The van der Waals surface area contributed by atoms with E-state index in [4.69, 9.17) is 0 Å². The first-order valence-corrected chi connectivity index (χ1v) is 7.12. The van der Waals surface area contributed by atoms with Crippen molar-refractivity contribution in [1.82, 2.24) is 14.5 Å². The number of hydrogen-bond donors (Lipinski definition) is 0. The molecule has 2 heterocycles. The third kappa shape index (κ3) is 3.09. The molecule has 96 valence electrons. The van der Waals surface area contributed by atoms with Crippen molar-refractivity contribution in [2.45, 2.75) is 53.1 Å². The van der Waals surface area contributed by atoms with Gasteiger partial charge in [0.2, 0.25) is 0 Å². The number of imidazole rings is 1. The standard InChI is InChI=1S/C12H19N3.C2H6/c1-2-11-8-15-6-5-14(7-10-3-4-10)9-12(15)13-11;1-2/h8,10H,2-7,9H2,1H3;1-2H3. The lowest BCUT2D eigenvalue weighted by Crippen LogP contribution is -2.34. The van der Waals surface area contributed by atoms with Crippen LogP contribution in [0.25, 0.3) is 0 Å². The Kier molecular flexibility index (Phi) is 4.21. The molecule has 3 heteroatoms. The largest absolute Gasteiger partial charge is 0.332 e. The van der Waals surface area contributed by atoms with Gasteiger partial charge in [0.25, 0.3) is 0 Å². The topological polar surface area (TPSA) is 21.1 Å². The molecule has 2 aliphatic rings. The van der Waals surface area contributed by atoms with Crippen molar-refractivity contribution in [3.8, 4) is 0 Å². The molecule has 0 amide bonds. The van der Waals surface area contributed by atoms with Crippen LogP contribution in [0.15, 0.2) is 6.20 Å². The number of nitrogens with zero attached hydrogens (tertiary/aromatic N) is 3. The lowest BCUT2D eigenvalue weighted by atomic mass is 10.3. The molecule has 3 nitrogen and oxygen atoms in total. The molecule has 1 aliphatic heterocycles. The molecular weight excluding hydrogens is 210 g/mol. The van der Waals surface area contributed by atoms with Crippen LogP contribution in [0, 0.1) is 5.92 Å². The van der Waals surface area contributed by atoms with E-state index in [1.165, 1.54) is 37.4 Å². The monoisotopic (exact) mass is 235 g/mol. The Labute approximate surface area is 105 Å². The van der Waals surface area contributed by atoms with Crippen LogP contribution in [0.1, 0.15) is 45.1 Å². The van der Waals surface area contributed by atoms with E-state index in [-0.39, 0.29) is 0 Å². The van der Waals surface area contributed by atoms with Crippen molar-refractivity contribution in [3.63, 3.8) is 0 Å². The summed E-state index contributed by atoms with van der Waals surface area (Å²) >= 11 is 0. The maximum Gasteiger partial charge on any atom is 0.123 e. The second-order valence-electron chi connectivity index (χ2n) is 4.87. The molecular formula is C14H25N3. The van der Waals surface area contributed by atoms with Crippen LogP contribution in [0.4, 0.5) is 0 Å². The summed E-state index contributed by atoms with van der Waals surface area (Å²) in [6.07, 6.45) is 6.18. The van der Waals surface area contributed by atoms with Gasteiger partial charge in [-0.15, -0.1) is 0 Å². The fraction of sp³-hybridized carbons (Fsp3) is 0.786. The van der Waals surface area contributed by atoms with Crippen molar-refractivity contribution < 1.29 is 0 Å². The summed E-state index contributed by atoms with van der Waals surface area (Å²) in [5.74, 6) is 2.27. The van der Waals surface area contributed by atoms with Crippen LogP contribution < -0.4 is 0 Å². The average Bonchev–Trinajstić information content (AvgIpc) is 3.08. The lowest BCUT2D eigenvalue weighted by molar-refractivity contribution is 0.209. The van der Waals surface area contributed by atoms with E-state index in [0.717, 1.165) is 25.4 Å². The first-order chi connectivity index (χ1) is 8.35. The van der Waals surface area contributed by atoms with Gasteiger partial charge >= 0.3 is 0 Å². The molecule has 0 aromatic carbocycles. The normalized spacial score (nSPS) is 19.5. The Bertz CT molecular complexity index is 352. The van der Waals surface area contributed by atoms with Gasteiger partial charge in [-0.3, -0.25) is 4.90 Å². The second-order valence-corrected chi connectivity index (χ2v) is 4.87. The van der Waals surface area contributed by atoms with Crippen LogP contribution in [0.2, 0.25) is 0 Å². The minimum absolute atomic E-state index is 0.997. The van der Waals surface area contributed by atoms with E-state index in [1.54, 1.807) is 0 Å². The summed E-state index contributed by atoms with van der Waals surface area (Å²) in [7, 11) is 0. The number of fused-ring (bicyclic) bond motifs is 1. The second kappa shape index (κ2) is 5.67. The highest BCUT2D eigenvalue weighted by Gasteiger charge is 2.26. The number of hydrogen-bond acceptors (Lipinski definition) is 2. The Morgan fingerprint density at radius 3 is 2.71 bits per heavy atom. The molecule has 0 bridgehead atoms. The molecule has 1 aliphatic carbocycles. The molecule has 17 heavy (non-hydrogen) atoms. The highest BCUT2D eigenvalue weighted by Crippen LogP contribution is 2.30. The van der Waals surface area contributed by atoms with Crippen molar-refractivity contribution in [2.75, 3.05) is 13.1 Å². The van der Waals surface area contributed by atoms with E-state index in [2.05, 4.69) is 27.6 Å². The predicted octanol–water partition coefficient (Wildman–Crippen LogP) is 2.70. The summed E-state index contributed by atoms with van der Waals surface area (Å²) in [4.78, 5) is 7.24. The summed E-state index contributed by atoms with van der Waals surface area (Å²) in [5.41, 5.74) is 1.25. The molecule has 0 N–H and O–H groups in total. The van der Waals surface area contributed by atoms with Gasteiger partial charge in [0.1, 0.15) is 5.82 Å². The Morgan fingerprint density at radius 1 is 1.29 bits per heavy atom. The maximum atomic E-state index is 4.67. The number of aryl methyl sites for hydroxylation is 1. The van der Waals surface area contributed by atoms with Crippen molar-refractivity contribution >= 4 is 0 Å². The molecule has 0 radical (unpaired) electrons. The lowest BCUT2D eigenvalue weighted by Gasteiger charge is -2.27. The van der Waals surface area contributed by atoms with Gasteiger partial charge in [-0.05, 0) is 25.2 Å². The zero-order valence-electron chi connectivity index (χ0n) is 11.4. The number of aromatic nitrogens is 2. The minimum atomic E-state index is 0.997. The zero-order valence-corrected chi connectivity index (χ0v) is 11.4. The summed E-state index contributed by atoms with van der Waals surface area (Å²) in [6.45, 7) is 10.9. The third-order valence-corrected chi connectivity index (χ3v) is 3.51. The fourth-order valence-electron chi connectivity index (χ4n) is 2.35. The van der Waals surface area contributed by atoms with Gasteiger partial charge in [-0.2, -0.15) is 0 Å². The summed E-state index contributed by atoms with van der Waals surface area (Å²) in [6, 6.07) is 0. The van der Waals surface area contributed by atoms with Crippen LogP contribution in [-0.2, 0) is 19.5 Å². The van der Waals surface area contributed by atoms with Crippen molar-refractivity contribution in [1.29, 1.82) is 0 Å². The van der Waals surface area contributed by atoms with Crippen molar-refractivity contribution in [2.24, 2.45) is 5.92 Å². The van der Waals surface area contributed by atoms with Crippen LogP contribution >= 0.6 is 0 Å². The predicted molar refractivity (Wildman–Crippen MR) is 71.0 cm³/mol. The molecule has 1 aromatic rings. The fourth-order valence-corrected chi connectivity index (χ4v) is 2.35. The van der Waals surface area contributed by atoms with Gasteiger partial charge in [-0.1, -0.05) is 20.8 Å². The summed E-state index contributed by atoms with van der Waals surface area (Å²) < 4.78 is 2.34.